The number of benzene rings is 1. The van der Waals surface area contributed by atoms with E-state index in [1.165, 1.54) is 12.4 Å². The Hall–Kier alpha value is -3.82. The number of carboxylic acids is 1. The minimum absolute atomic E-state index is 0.0800. The number of hydrogen-bond acceptors (Lipinski definition) is 8. The Morgan fingerprint density at radius 1 is 0.938 bits per heavy atom. The highest BCUT2D eigenvalue weighted by molar-refractivity contribution is 5.70. The van der Waals surface area contributed by atoms with Crippen molar-refractivity contribution >= 4 is 23.7 Å². The number of aromatic nitrogens is 2. The standard InChI is InChI=1S/C32H41F6N5O5/c1-3-24-14-26(15-25(4-2)43(24)30(47)48-27-7-5-20(6-8-27)28(45)46)42(29-40-16-23(17-41-29)39-9-10-44)18-19-11-21(31(33,34)35)13-22(12-19)32(36,37)38/h11-13,16-17,20,24-27,39,44H,3-10,14-15,18H2,1-2H3,(H,45,46)/t20-,24-,25+,26+,27-. The molecule has 1 aromatic carbocycles. The van der Waals surface area contributed by atoms with E-state index < -0.39 is 53.6 Å². The number of halogens is 6. The van der Waals surface area contributed by atoms with Gasteiger partial charge >= 0.3 is 24.4 Å². The molecule has 1 aliphatic heterocycles. The van der Waals surface area contributed by atoms with Crippen LogP contribution in [0.25, 0.3) is 0 Å². The highest BCUT2D eigenvalue weighted by atomic mass is 19.4. The Labute approximate surface area is 274 Å². The number of hydrogen-bond donors (Lipinski definition) is 3. The lowest BCUT2D eigenvalue weighted by Crippen LogP contribution is -2.57. The predicted molar refractivity (Wildman–Crippen MR) is 163 cm³/mol. The molecular weight excluding hydrogens is 648 g/mol. The summed E-state index contributed by atoms with van der Waals surface area (Å²) in [6.07, 6.45) is -4.88. The van der Waals surface area contributed by atoms with Crippen molar-refractivity contribution < 1.29 is 50.9 Å². The number of ether oxygens (including phenoxy) is 1. The number of aliphatic hydroxyl groups excluding tert-OH is 1. The molecule has 2 aliphatic rings. The topological polar surface area (TPSA) is 128 Å². The second kappa shape index (κ2) is 15.6. The third kappa shape index (κ3) is 9.20. The first-order valence-corrected chi connectivity index (χ1v) is 16.1. The molecule has 3 N–H and O–H groups in total. The van der Waals surface area contributed by atoms with Crippen LogP contribution in [-0.2, 0) is 28.4 Å². The minimum atomic E-state index is -5.02. The maximum Gasteiger partial charge on any atom is 0.416 e. The Kier molecular flexibility index (Phi) is 12.0. The number of alkyl halides is 6. The zero-order valence-corrected chi connectivity index (χ0v) is 26.7. The van der Waals surface area contributed by atoms with E-state index in [1.54, 1.807) is 9.80 Å². The summed E-state index contributed by atoms with van der Waals surface area (Å²) in [5.41, 5.74) is -2.63. The van der Waals surface area contributed by atoms with E-state index >= 15 is 0 Å². The van der Waals surface area contributed by atoms with E-state index in [2.05, 4.69) is 15.3 Å². The van der Waals surface area contributed by atoms with Crippen molar-refractivity contribution in [2.75, 3.05) is 23.4 Å². The largest absolute Gasteiger partial charge is 0.481 e. The lowest BCUT2D eigenvalue weighted by molar-refractivity contribution is -0.144. The van der Waals surface area contributed by atoms with E-state index in [4.69, 9.17) is 9.84 Å². The van der Waals surface area contributed by atoms with Gasteiger partial charge < -0.3 is 30.1 Å². The smallest absolute Gasteiger partial charge is 0.416 e. The fourth-order valence-electron chi connectivity index (χ4n) is 6.59. The van der Waals surface area contributed by atoms with Crippen molar-refractivity contribution in [1.29, 1.82) is 0 Å². The molecular formula is C32H41F6N5O5. The number of rotatable bonds is 11. The summed E-state index contributed by atoms with van der Waals surface area (Å²) in [4.78, 5) is 36.9. The molecule has 0 unspecified atom stereocenters. The first kappa shape index (κ1) is 37.0. The molecule has 10 nitrogen and oxygen atoms in total. The minimum Gasteiger partial charge on any atom is -0.481 e. The number of amides is 1. The van der Waals surface area contributed by atoms with Crippen LogP contribution in [0.5, 0.6) is 0 Å². The summed E-state index contributed by atoms with van der Waals surface area (Å²) in [7, 11) is 0. The molecule has 1 aliphatic carbocycles. The maximum atomic E-state index is 13.7. The molecule has 2 heterocycles. The van der Waals surface area contributed by atoms with Gasteiger partial charge in [0.25, 0.3) is 0 Å². The summed E-state index contributed by atoms with van der Waals surface area (Å²) < 4.78 is 88.2. The van der Waals surface area contributed by atoms with Gasteiger partial charge in [-0.2, -0.15) is 26.3 Å². The van der Waals surface area contributed by atoms with Crippen molar-refractivity contribution in [3.05, 3.63) is 47.3 Å². The Morgan fingerprint density at radius 2 is 1.48 bits per heavy atom. The highest BCUT2D eigenvalue weighted by Crippen LogP contribution is 2.38. The van der Waals surface area contributed by atoms with Gasteiger partial charge in [-0.05, 0) is 75.1 Å². The number of likely N-dealkylation sites (tertiary alicyclic amines) is 1. The van der Waals surface area contributed by atoms with E-state index in [0.29, 0.717) is 69.2 Å². The molecule has 3 atom stereocenters. The van der Waals surface area contributed by atoms with E-state index in [-0.39, 0.29) is 49.4 Å². The van der Waals surface area contributed by atoms with Crippen molar-refractivity contribution in [3.63, 3.8) is 0 Å². The average Bonchev–Trinajstić information content (AvgIpc) is 3.05. The molecule has 0 bridgehead atoms. The fraction of sp³-hybridized carbons (Fsp3) is 0.625. The van der Waals surface area contributed by atoms with E-state index in [9.17, 15) is 41.0 Å². The van der Waals surface area contributed by atoms with Gasteiger partial charge in [0.1, 0.15) is 6.10 Å². The molecule has 1 amide bonds. The van der Waals surface area contributed by atoms with Crippen LogP contribution in [0.4, 0.5) is 42.8 Å². The highest BCUT2D eigenvalue weighted by Gasteiger charge is 2.42. The number of aliphatic carboxylic acids is 1. The lowest BCUT2D eigenvalue weighted by Gasteiger charge is -2.47. The molecule has 48 heavy (non-hydrogen) atoms. The number of nitrogens with zero attached hydrogens (tertiary/aromatic N) is 4. The van der Waals surface area contributed by atoms with Gasteiger partial charge in [-0.25, -0.2) is 14.8 Å². The van der Waals surface area contributed by atoms with Crippen LogP contribution in [0.2, 0.25) is 0 Å². The molecule has 266 valence electrons. The molecule has 0 spiro atoms. The normalized spacial score (nSPS) is 23.4. The average molecular weight is 690 g/mol. The van der Waals surface area contributed by atoms with Crippen molar-refractivity contribution in [2.24, 2.45) is 5.92 Å². The third-order valence-corrected chi connectivity index (χ3v) is 9.10. The van der Waals surface area contributed by atoms with Crippen molar-refractivity contribution in [2.45, 2.75) is 108 Å². The third-order valence-electron chi connectivity index (χ3n) is 9.10. The van der Waals surface area contributed by atoms with Gasteiger partial charge in [-0.1, -0.05) is 13.8 Å². The number of anilines is 2. The quantitative estimate of drug-likeness (QED) is 0.220. The number of aliphatic hydroxyl groups is 1. The van der Waals surface area contributed by atoms with Gasteiger partial charge in [0.15, 0.2) is 0 Å². The van der Waals surface area contributed by atoms with Crippen LogP contribution in [0.1, 0.15) is 81.9 Å². The summed E-state index contributed by atoms with van der Waals surface area (Å²) in [6, 6.07) is 0.243. The molecule has 1 saturated heterocycles. The summed E-state index contributed by atoms with van der Waals surface area (Å²) in [5.74, 6) is -1.26. The zero-order chi connectivity index (χ0) is 35.2. The number of nitrogens with one attached hydrogen (secondary N) is 1. The van der Waals surface area contributed by atoms with Crippen LogP contribution in [0, 0.1) is 5.92 Å². The lowest BCUT2D eigenvalue weighted by atomic mass is 9.87. The van der Waals surface area contributed by atoms with Crippen molar-refractivity contribution in [1.82, 2.24) is 14.9 Å². The van der Waals surface area contributed by atoms with Crippen LogP contribution in [-0.4, -0.2) is 74.5 Å². The van der Waals surface area contributed by atoms with Gasteiger partial charge in [-0.15, -0.1) is 0 Å². The monoisotopic (exact) mass is 689 g/mol. The van der Waals surface area contributed by atoms with Crippen molar-refractivity contribution in [3.8, 4) is 0 Å². The SMILES string of the molecule is CC[C@@H]1C[C@H](N(Cc2cc(C(F)(F)F)cc(C(F)(F)F)c2)c2ncc(NCCO)cn2)C[C@H](CC)N1C(=O)O[C@H]1CC[C@H](C(=O)O)CC1. The molecule has 4 rings (SSSR count). The number of carboxylic acid groups (broad SMARTS) is 1. The molecule has 1 aromatic heterocycles. The van der Waals surface area contributed by atoms with Gasteiger partial charge in [-0.3, -0.25) is 4.79 Å². The van der Waals surface area contributed by atoms with Gasteiger partial charge in [0, 0.05) is 31.2 Å². The second-order valence-corrected chi connectivity index (χ2v) is 12.3. The fourth-order valence-corrected chi connectivity index (χ4v) is 6.59. The van der Waals surface area contributed by atoms with Crippen LogP contribution in [0.3, 0.4) is 0 Å². The first-order chi connectivity index (χ1) is 22.6. The van der Waals surface area contributed by atoms with Gasteiger partial charge in [0.05, 0.1) is 41.7 Å². The molecule has 0 radical (unpaired) electrons. The van der Waals surface area contributed by atoms with E-state index in [1.807, 2.05) is 13.8 Å². The Morgan fingerprint density at radius 3 is 1.94 bits per heavy atom. The molecule has 2 fully saturated rings. The summed E-state index contributed by atoms with van der Waals surface area (Å²) in [5, 5.41) is 21.3. The number of carbonyl (C=O) groups excluding carboxylic acids is 1. The second-order valence-electron chi connectivity index (χ2n) is 12.3. The number of piperidine rings is 1. The van der Waals surface area contributed by atoms with E-state index in [0.717, 1.165) is 0 Å². The first-order valence-electron chi connectivity index (χ1n) is 16.1. The Balaban J connectivity index is 1.64. The number of carbonyl (C=O) groups is 2. The Bertz CT molecular complexity index is 1340. The predicted octanol–water partition coefficient (Wildman–Crippen LogP) is 6.73. The zero-order valence-electron chi connectivity index (χ0n) is 26.7. The van der Waals surface area contributed by atoms with Gasteiger partial charge in [0.2, 0.25) is 5.95 Å². The molecule has 16 heteroatoms. The van der Waals surface area contributed by atoms with Crippen LogP contribution >= 0.6 is 0 Å². The summed E-state index contributed by atoms with van der Waals surface area (Å²) in [6.45, 7) is 3.44. The maximum absolute atomic E-state index is 13.7. The summed E-state index contributed by atoms with van der Waals surface area (Å²) >= 11 is 0. The van der Waals surface area contributed by atoms with Crippen LogP contribution < -0.4 is 10.2 Å². The molecule has 1 saturated carbocycles. The molecule has 2 aromatic rings. The van der Waals surface area contributed by atoms with Crippen LogP contribution in [0.15, 0.2) is 30.6 Å².